The number of fused-ring (bicyclic) bond motifs is 1. The molecule has 0 aromatic rings. The van der Waals surface area contributed by atoms with Crippen molar-refractivity contribution in [1.82, 2.24) is 0 Å². The van der Waals surface area contributed by atoms with Crippen LogP contribution in [0.1, 0.15) is 25.7 Å². The highest BCUT2D eigenvalue weighted by Gasteiger charge is 2.63. The van der Waals surface area contributed by atoms with E-state index in [1.165, 1.54) is 12.8 Å². The summed E-state index contributed by atoms with van der Waals surface area (Å²) in [7, 11) is 0. The largest absolute Gasteiger partial charge is 0.390 e. The first kappa shape index (κ1) is 5.56. The molecule has 4 atom stereocenters. The lowest BCUT2D eigenvalue weighted by Gasteiger charge is -2.27. The summed E-state index contributed by atoms with van der Waals surface area (Å²) in [6, 6.07) is 0. The first-order chi connectivity index (χ1) is 4.80. The van der Waals surface area contributed by atoms with Crippen LogP contribution >= 0.6 is 0 Å². The minimum absolute atomic E-state index is 0.0359. The summed E-state index contributed by atoms with van der Waals surface area (Å²) in [4.78, 5) is 0. The van der Waals surface area contributed by atoms with E-state index in [0.29, 0.717) is 6.10 Å². The number of rotatable bonds is 0. The predicted octanol–water partition coefficient (Wildman–Crippen LogP) is 0.689. The average molecular weight is 140 g/mol. The Balaban J connectivity index is 1.82. The number of hydrogen-bond acceptors (Lipinski definition) is 2. The SMILES string of the molecule is OC1C[C@@]12CC1CC[C@@H]1O2. The van der Waals surface area contributed by atoms with Gasteiger partial charge in [-0.25, -0.2) is 0 Å². The summed E-state index contributed by atoms with van der Waals surface area (Å²) in [6.07, 6.45) is 5.01. The van der Waals surface area contributed by atoms with E-state index in [4.69, 9.17) is 4.74 Å². The summed E-state index contributed by atoms with van der Waals surface area (Å²) < 4.78 is 5.72. The fourth-order valence-corrected chi connectivity index (χ4v) is 2.33. The maximum absolute atomic E-state index is 9.26. The van der Waals surface area contributed by atoms with Gasteiger partial charge in [-0.2, -0.15) is 0 Å². The van der Waals surface area contributed by atoms with Crippen LogP contribution in [0, 0.1) is 5.92 Å². The van der Waals surface area contributed by atoms with E-state index in [2.05, 4.69) is 0 Å². The Morgan fingerprint density at radius 1 is 1.30 bits per heavy atom. The fraction of sp³-hybridized carbons (Fsp3) is 1.00. The third kappa shape index (κ3) is 0.487. The molecule has 3 fully saturated rings. The number of ether oxygens (including phenoxy) is 1. The Labute approximate surface area is 60.2 Å². The van der Waals surface area contributed by atoms with Gasteiger partial charge in [0, 0.05) is 6.42 Å². The van der Waals surface area contributed by atoms with Crippen molar-refractivity contribution in [2.24, 2.45) is 5.92 Å². The molecule has 1 aliphatic heterocycles. The Bertz CT molecular complexity index is 166. The maximum Gasteiger partial charge on any atom is 0.0974 e. The molecule has 1 spiro atoms. The smallest absolute Gasteiger partial charge is 0.0974 e. The van der Waals surface area contributed by atoms with E-state index in [9.17, 15) is 5.11 Å². The Hall–Kier alpha value is -0.0800. The quantitative estimate of drug-likeness (QED) is 0.536. The van der Waals surface area contributed by atoms with Crippen LogP contribution in [0.3, 0.4) is 0 Å². The molecule has 0 bridgehead atoms. The van der Waals surface area contributed by atoms with Gasteiger partial charge in [-0.15, -0.1) is 0 Å². The number of aliphatic hydroxyl groups is 1. The molecule has 0 aromatic carbocycles. The molecular weight excluding hydrogens is 128 g/mol. The van der Waals surface area contributed by atoms with Crippen molar-refractivity contribution in [3.63, 3.8) is 0 Å². The van der Waals surface area contributed by atoms with Gasteiger partial charge in [-0.3, -0.25) is 0 Å². The molecule has 0 aromatic heterocycles. The van der Waals surface area contributed by atoms with Crippen LogP contribution in [-0.2, 0) is 4.74 Å². The summed E-state index contributed by atoms with van der Waals surface area (Å²) in [5, 5.41) is 9.26. The molecule has 3 aliphatic rings. The van der Waals surface area contributed by atoms with Crippen molar-refractivity contribution in [2.75, 3.05) is 0 Å². The molecule has 1 N–H and O–H groups in total. The number of aliphatic hydroxyl groups excluding tert-OH is 1. The number of hydrogen-bond donors (Lipinski definition) is 1. The minimum atomic E-state index is -0.127. The first-order valence-electron chi connectivity index (χ1n) is 4.16. The normalized spacial score (nSPS) is 63.9. The second kappa shape index (κ2) is 1.41. The summed E-state index contributed by atoms with van der Waals surface area (Å²) >= 11 is 0. The molecule has 2 saturated carbocycles. The molecule has 2 unspecified atom stereocenters. The lowest BCUT2D eigenvalue weighted by atomic mass is 9.81. The van der Waals surface area contributed by atoms with Crippen LogP contribution in [-0.4, -0.2) is 22.9 Å². The van der Waals surface area contributed by atoms with Crippen LogP contribution in [0.4, 0.5) is 0 Å². The van der Waals surface area contributed by atoms with Crippen LogP contribution in [0.15, 0.2) is 0 Å². The molecule has 56 valence electrons. The minimum Gasteiger partial charge on any atom is -0.390 e. The summed E-state index contributed by atoms with van der Waals surface area (Å²) in [6.45, 7) is 0. The van der Waals surface area contributed by atoms with Crippen molar-refractivity contribution >= 4 is 0 Å². The van der Waals surface area contributed by atoms with Gasteiger partial charge in [0.25, 0.3) is 0 Å². The highest BCUT2D eigenvalue weighted by atomic mass is 16.5. The Morgan fingerprint density at radius 2 is 2.10 bits per heavy atom. The van der Waals surface area contributed by atoms with Gasteiger partial charge in [-0.1, -0.05) is 0 Å². The summed E-state index contributed by atoms with van der Waals surface area (Å²) in [5.41, 5.74) is -0.0359. The van der Waals surface area contributed by atoms with Crippen molar-refractivity contribution in [3.05, 3.63) is 0 Å². The highest BCUT2D eigenvalue weighted by molar-refractivity contribution is 5.13. The van der Waals surface area contributed by atoms with E-state index >= 15 is 0 Å². The van der Waals surface area contributed by atoms with Crippen LogP contribution in [0.25, 0.3) is 0 Å². The zero-order valence-electron chi connectivity index (χ0n) is 5.92. The van der Waals surface area contributed by atoms with Gasteiger partial charge in [0.1, 0.15) is 0 Å². The van der Waals surface area contributed by atoms with E-state index in [1.807, 2.05) is 0 Å². The van der Waals surface area contributed by atoms with Gasteiger partial charge in [0.15, 0.2) is 0 Å². The molecule has 10 heavy (non-hydrogen) atoms. The zero-order chi connectivity index (χ0) is 6.77. The average Bonchev–Trinajstić information content (AvgIpc) is 2.43. The van der Waals surface area contributed by atoms with Crippen molar-refractivity contribution < 1.29 is 9.84 Å². The topological polar surface area (TPSA) is 29.5 Å². The van der Waals surface area contributed by atoms with Crippen molar-refractivity contribution in [3.8, 4) is 0 Å². The van der Waals surface area contributed by atoms with E-state index in [0.717, 1.165) is 18.8 Å². The molecular formula is C8H12O2. The van der Waals surface area contributed by atoms with E-state index < -0.39 is 0 Å². The van der Waals surface area contributed by atoms with Crippen molar-refractivity contribution in [1.29, 1.82) is 0 Å². The molecule has 2 aliphatic carbocycles. The monoisotopic (exact) mass is 140 g/mol. The molecule has 2 heteroatoms. The third-order valence-corrected chi connectivity index (χ3v) is 3.33. The standard InChI is InChI=1S/C8H12O2/c9-7-4-8(7)3-5-1-2-6(5)10-8/h5-7,9H,1-4H2/t5?,6-,7?,8-/m0/s1. The predicted molar refractivity (Wildman–Crippen MR) is 35.6 cm³/mol. The van der Waals surface area contributed by atoms with E-state index in [-0.39, 0.29) is 11.7 Å². The lowest BCUT2D eigenvalue weighted by Crippen LogP contribution is -2.26. The third-order valence-electron chi connectivity index (χ3n) is 3.33. The Morgan fingerprint density at radius 3 is 2.40 bits per heavy atom. The van der Waals surface area contributed by atoms with Crippen LogP contribution < -0.4 is 0 Å². The van der Waals surface area contributed by atoms with Gasteiger partial charge < -0.3 is 9.84 Å². The molecule has 0 amide bonds. The second-order valence-electron chi connectivity index (χ2n) is 3.98. The van der Waals surface area contributed by atoms with Gasteiger partial charge in [0.05, 0.1) is 17.8 Å². The van der Waals surface area contributed by atoms with Gasteiger partial charge >= 0.3 is 0 Å². The molecule has 1 saturated heterocycles. The highest BCUT2D eigenvalue weighted by Crippen LogP contribution is 2.57. The maximum atomic E-state index is 9.26. The fourth-order valence-electron chi connectivity index (χ4n) is 2.33. The molecule has 2 nitrogen and oxygen atoms in total. The van der Waals surface area contributed by atoms with Gasteiger partial charge in [0.2, 0.25) is 0 Å². The van der Waals surface area contributed by atoms with Gasteiger partial charge in [-0.05, 0) is 25.2 Å². The van der Waals surface area contributed by atoms with Crippen LogP contribution in [0.5, 0.6) is 0 Å². The molecule has 1 heterocycles. The zero-order valence-corrected chi connectivity index (χ0v) is 5.92. The summed E-state index contributed by atoms with van der Waals surface area (Å²) in [5.74, 6) is 0.803. The van der Waals surface area contributed by atoms with E-state index in [1.54, 1.807) is 0 Å². The second-order valence-corrected chi connectivity index (χ2v) is 3.98. The molecule has 3 rings (SSSR count). The first-order valence-corrected chi connectivity index (χ1v) is 4.16. The Kier molecular flexibility index (Phi) is 0.783. The lowest BCUT2D eigenvalue weighted by molar-refractivity contribution is -0.0333. The van der Waals surface area contributed by atoms with Crippen LogP contribution in [0.2, 0.25) is 0 Å². The molecule has 0 radical (unpaired) electrons. The van der Waals surface area contributed by atoms with Crippen molar-refractivity contribution in [2.45, 2.75) is 43.5 Å².